The van der Waals surface area contributed by atoms with Crippen molar-refractivity contribution >= 4 is 34.0 Å². The monoisotopic (exact) mass is 420 g/mol. The van der Waals surface area contributed by atoms with Gasteiger partial charge in [-0.05, 0) is 51.8 Å². The first kappa shape index (κ1) is 19.5. The molecule has 0 saturated carbocycles. The summed E-state index contributed by atoms with van der Waals surface area (Å²) in [5, 5.41) is 3.85. The minimum absolute atomic E-state index is 0.191. The van der Waals surface area contributed by atoms with Crippen molar-refractivity contribution in [3.63, 3.8) is 0 Å². The fraction of sp³-hybridized carbons (Fsp3) is 0.167. The molecule has 8 heteroatoms. The van der Waals surface area contributed by atoms with Crippen LogP contribution in [0.3, 0.4) is 0 Å². The van der Waals surface area contributed by atoms with E-state index in [0.717, 1.165) is 5.56 Å². The number of nitrogens with zero attached hydrogens (tertiary/aromatic N) is 1. The number of hydrogen-bond donors (Lipinski definition) is 1. The third-order valence-corrected chi connectivity index (χ3v) is 3.85. The minimum Gasteiger partial charge on any atom is -0.497 e. The quantitative estimate of drug-likeness (QED) is 0.422. The van der Waals surface area contributed by atoms with Crippen LogP contribution in [-0.4, -0.2) is 38.9 Å². The summed E-state index contributed by atoms with van der Waals surface area (Å²) >= 11 is 3.34. The van der Waals surface area contributed by atoms with Gasteiger partial charge >= 0.3 is 5.97 Å². The van der Waals surface area contributed by atoms with Gasteiger partial charge in [-0.2, -0.15) is 5.10 Å². The third kappa shape index (κ3) is 5.59. The molecule has 0 aliphatic rings. The van der Waals surface area contributed by atoms with Gasteiger partial charge in [0.1, 0.15) is 11.5 Å². The summed E-state index contributed by atoms with van der Waals surface area (Å²) in [6, 6.07) is 11.8. The van der Waals surface area contributed by atoms with Crippen LogP contribution in [0.25, 0.3) is 0 Å². The molecular formula is C18H17BrN2O5. The normalized spacial score (nSPS) is 10.4. The Balaban J connectivity index is 1.83. The topological polar surface area (TPSA) is 86.2 Å². The highest BCUT2D eigenvalue weighted by Gasteiger charge is 2.06. The smallest absolute Gasteiger partial charge is 0.337 e. The van der Waals surface area contributed by atoms with Crippen LogP contribution in [0.1, 0.15) is 15.9 Å². The minimum atomic E-state index is -0.413. The van der Waals surface area contributed by atoms with E-state index in [4.69, 9.17) is 9.47 Å². The molecule has 0 bridgehead atoms. The molecule has 0 atom stereocenters. The fourth-order valence-corrected chi connectivity index (χ4v) is 2.38. The molecule has 0 saturated heterocycles. The van der Waals surface area contributed by atoms with Crippen LogP contribution in [0.4, 0.5) is 0 Å². The molecule has 0 radical (unpaired) electrons. The first-order chi connectivity index (χ1) is 12.5. The lowest BCUT2D eigenvalue weighted by Gasteiger charge is -2.08. The first-order valence-corrected chi connectivity index (χ1v) is 8.29. The number of esters is 1. The molecule has 0 heterocycles. The van der Waals surface area contributed by atoms with Gasteiger partial charge in [0.05, 0.1) is 30.5 Å². The second-order valence-corrected chi connectivity index (χ2v) is 5.85. The van der Waals surface area contributed by atoms with Gasteiger partial charge in [-0.3, -0.25) is 4.79 Å². The maximum Gasteiger partial charge on any atom is 0.337 e. The van der Waals surface area contributed by atoms with Gasteiger partial charge in [0.15, 0.2) is 6.61 Å². The number of rotatable bonds is 7. The highest BCUT2D eigenvalue weighted by molar-refractivity contribution is 9.10. The van der Waals surface area contributed by atoms with E-state index in [0.29, 0.717) is 21.5 Å². The Kier molecular flexibility index (Phi) is 7.16. The second-order valence-electron chi connectivity index (χ2n) is 4.99. The summed E-state index contributed by atoms with van der Waals surface area (Å²) in [4.78, 5) is 23.1. The number of benzene rings is 2. The molecule has 0 unspecified atom stereocenters. The fourth-order valence-electron chi connectivity index (χ4n) is 1.90. The van der Waals surface area contributed by atoms with Crippen molar-refractivity contribution in [3.05, 3.63) is 58.1 Å². The number of carbonyl (C=O) groups is 2. The summed E-state index contributed by atoms with van der Waals surface area (Å²) in [6.45, 7) is -0.191. The van der Waals surface area contributed by atoms with E-state index in [1.165, 1.54) is 13.3 Å². The molecule has 0 aliphatic heterocycles. The number of methoxy groups -OCH3 is 2. The molecule has 0 aliphatic carbocycles. The molecule has 1 N–H and O–H groups in total. The zero-order valence-electron chi connectivity index (χ0n) is 14.2. The average Bonchev–Trinajstić information content (AvgIpc) is 2.66. The van der Waals surface area contributed by atoms with Crippen molar-refractivity contribution in [2.24, 2.45) is 5.10 Å². The predicted octanol–water partition coefficient (Wildman–Crippen LogP) is 2.77. The number of amides is 1. The SMILES string of the molecule is COC(=O)c1ccc(/C=N\NC(=O)COc2ccc(OC)cc2Br)cc1. The maximum absolute atomic E-state index is 11.8. The van der Waals surface area contributed by atoms with Crippen molar-refractivity contribution in [2.75, 3.05) is 20.8 Å². The van der Waals surface area contributed by atoms with E-state index in [-0.39, 0.29) is 6.61 Å². The van der Waals surface area contributed by atoms with Crippen LogP contribution in [0.2, 0.25) is 0 Å². The van der Waals surface area contributed by atoms with E-state index in [9.17, 15) is 9.59 Å². The Morgan fingerprint density at radius 2 is 1.88 bits per heavy atom. The third-order valence-electron chi connectivity index (χ3n) is 3.23. The standard InChI is InChI=1S/C18H17BrN2O5/c1-24-14-7-8-16(15(19)9-14)26-11-17(22)21-20-10-12-3-5-13(6-4-12)18(23)25-2/h3-10H,11H2,1-2H3,(H,21,22)/b20-10-. The molecule has 0 aromatic heterocycles. The van der Waals surface area contributed by atoms with Crippen molar-refractivity contribution in [1.29, 1.82) is 0 Å². The summed E-state index contributed by atoms with van der Waals surface area (Å²) < 4.78 is 15.8. The molecule has 1 amide bonds. The Morgan fingerprint density at radius 3 is 2.50 bits per heavy atom. The Bertz CT molecular complexity index is 806. The highest BCUT2D eigenvalue weighted by Crippen LogP contribution is 2.28. The van der Waals surface area contributed by atoms with Crippen LogP contribution in [-0.2, 0) is 9.53 Å². The highest BCUT2D eigenvalue weighted by atomic mass is 79.9. The zero-order valence-corrected chi connectivity index (χ0v) is 15.8. The van der Waals surface area contributed by atoms with Crippen LogP contribution in [0.5, 0.6) is 11.5 Å². The summed E-state index contributed by atoms with van der Waals surface area (Å²) in [6.07, 6.45) is 1.46. The van der Waals surface area contributed by atoms with Gasteiger partial charge in [-0.15, -0.1) is 0 Å². The average molecular weight is 421 g/mol. The lowest BCUT2D eigenvalue weighted by atomic mass is 10.1. The van der Waals surface area contributed by atoms with Gasteiger partial charge in [-0.25, -0.2) is 10.2 Å². The Labute approximate surface area is 159 Å². The lowest BCUT2D eigenvalue weighted by Crippen LogP contribution is -2.24. The maximum atomic E-state index is 11.8. The second kappa shape index (κ2) is 9.57. The van der Waals surface area contributed by atoms with Gasteiger partial charge < -0.3 is 14.2 Å². The molecule has 0 spiro atoms. The van der Waals surface area contributed by atoms with Crippen molar-refractivity contribution in [3.8, 4) is 11.5 Å². The molecule has 7 nitrogen and oxygen atoms in total. The van der Waals surface area contributed by atoms with Crippen LogP contribution < -0.4 is 14.9 Å². The van der Waals surface area contributed by atoms with E-state index in [2.05, 4.69) is 31.2 Å². The van der Waals surface area contributed by atoms with Gasteiger partial charge in [-0.1, -0.05) is 12.1 Å². The number of nitrogens with one attached hydrogen (secondary N) is 1. The molecule has 0 fully saturated rings. The molecule has 136 valence electrons. The molecule has 2 rings (SSSR count). The first-order valence-electron chi connectivity index (χ1n) is 7.50. The Morgan fingerprint density at radius 1 is 1.15 bits per heavy atom. The van der Waals surface area contributed by atoms with Crippen molar-refractivity contribution in [2.45, 2.75) is 0 Å². The largest absolute Gasteiger partial charge is 0.497 e. The molecule has 26 heavy (non-hydrogen) atoms. The van der Waals surface area contributed by atoms with E-state index in [1.54, 1.807) is 49.6 Å². The van der Waals surface area contributed by atoms with Crippen LogP contribution in [0.15, 0.2) is 52.0 Å². The number of carbonyl (C=O) groups excluding carboxylic acids is 2. The van der Waals surface area contributed by atoms with Gasteiger partial charge in [0, 0.05) is 0 Å². The summed E-state index contributed by atoms with van der Waals surface area (Å²) in [7, 11) is 2.89. The Hall–Kier alpha value is -2.87. The van der Waals surface area contributed by atoms with Crippen molar-refractivity contribution in [1.82, 2.24) is 5.43 Å². The van der Waals surface area contributed by atoms with E-state index in [1.807, 2.05) is 0 Å². The van der Waals surface area contributed by atoms with Gasteiger partial charge in [0.2, 0.25) is 0 Å². The van der Waals surface area contributed by atoms with Crippen molar-refractivity contribution < 1.29 is 23.8 Å². The summed E-state index contributed by atoms with van der Waals surface area (Å²) in [5.74, 6) is 0.374. The molecular weight excluding hydrogens is 404 g/mol. The van der Waals surface area contributed by atoms with Crippen LogP contribution >= 0.6 is 15.9 Å². The molecule has 2 aromatic carbocycles. The number of ether oxygens (including phenoxy) is 3. The number of hydrazone groups is 1. The molecule has 2 aromatic rings. The lowest BCUT2D eigenvalue weighted by molar-refractivity contribution is -0.123. The van der Waals surface area contributed by atoms with E-state index < -0.39 is 11.9 Å². The predicted molar refractivity (Wildman–Crippen MR) is 99.7 cm³/mol. The van der Waals surface area contributed by atoms with Gasteiger partial charge in [0.25, 0.3) is 5.91 Å². The summed E-state index contributed by atoms with van der Waals surface area (Å²) in [5.41, 5.74) is 3.52. The zero-order chi connectivity index (χ0) is 18.9. The van der Waals surface area contributed by atoms with E-state index >= 15 is 0 Å². The number of hydrogen-bond acceptors (Lipinski definition) is 6. The van der Waals surface area contributed by atoms with Crippen LogP contribution in [0, 0.1) is 0 Å². The number of halogens is 1.